The predicted molar refractivity (Wildman–Crippen MR) is 111 cm³/mol. The molecule has 4 rings (SSSR count). The second kappa shape index (κ2) is 8.50. The van der Waals surface area contributed by atoms with Crippen molar-refractivity contribution in [2.24, 2.45) is 0 Å². The molecule has 6 nitrogen and oxygen atoms in total. The summed E-state index contributed by atoms with van der Waals surface area (Å²) in [7, 11) is 0. The maximum absolute atomic E-state index is 4.80. The van der Waals surface area contributed by atoms with Gasteiger partial charge in [0.1, 0.15) is 17.5 Å². The standard InChI is InChI=1S/C22H28N6/c1-3-5-19-14-25-17(2)26-22(19)27-12-4-6-20(16-27)21-24-11-13-28(21)15-18-7-9-23-10-8-18/h7-11,13-14,20H,3-6,12,15-16H2,1-2H3. The van der Waals surface area contributed by atoms with Crippen LogP contribution in [0.5, 0.6) is 0 Å². The van der Waals surface area contributed by atoms with Crippen molar-refractivity contribution in [3.05, 3.63) is 65.9 Å². The largest absolute Gasteiger partial charge is 0.356 e. The number of aromatic nitrogens is 5. The number of rotatable bonds is 6. The molecule has 3 aromatic heterocycles. The van der Waals surface area contributed by atoms with Crippen molar-refractivity contribution in [2.75, 3.05) is 18.0 Å². The smallest absolute Gasteiger partial charge is 0.135 e. The molecule has 1 atom stereocenters. The molecule has 1 aliphatic rings. The molecule has 0 N–H and O–H groups in total. The molecule has 1 saturated heterocycles. The molecule has 0 radical (unpaired) electrons. The fourth-order valence-electron chi connectivity index (χ4n) is 4.08. The topological polar surface area (TPSA) is 59.7 Å². The molecule has 3 aromatic rings. The summed E-state index contributed by atoms with van der Waals surface area (Å²) in [4.78, 5) is 20.5. The van der Waals surface area contributed by atoms with E-state index in [-0.39, 0.29) is 0 Å². The third-order valence-corrected chi connectivity index (χ3v) is 5.42. The first-order valence-electron chi connectivity index (χ1n) is 10.2. The van der Waals surface area contributed by atoms with E-state index < -0.39 is 0 Å². The SMILES string of the molecule is CCCc1cnc(C)nc1N1CCCC(c2nccn2Cc2ccncc2)C1. The van der Waals surface area contributed by atoms with Crippen LogP contribution in [0.2, 0.25) is 0 Å². The Morgan fingerprint density at radius 3 is 2.82 bits per heavy atom. The summed E-state index contributed by atoms with van der Waals surface area (Å²) in [6.07, 6.45) is 14.2. The van der Waals surface area contributed by atoms with Gasteiger partial charge in [0, 0.05) is 62.1 Å². The van der Waals surface area contributed by atoms with Crippen LogP contribution in [0.25, 0.3) is 0 Å². The van der Waals surface area contributed by atoms with Crippen molar-refractivity contribution in [1.29, 1.82) is 0 Å². The molecule has 4 heterocycles. The molecular weight excluding hydrogens is 348 g/mol. The van der Waals surface area contributed by atoms with Crippen LogP contribution >= 0.6 is 0 Å². The number of nitrogens with zero attached hydrogens (tertiary/aromatic N) is 6. The van der Waals surface area contributed by atoms with Crippen molar-refractivity contribution in [3.8, 4) is 0 Å². The van der Waals surface area contributed by atoms with Crippen LogP contribution in [0.4, 0.5) is 5.82 Å². The highest BCUT2D eigenvalue weighted by Gasteiger charge is 2.27. The average Bonchev–Trinajstić information content (AvgIpc) is 3.18. The van der Waals surface area contributed by atoms with Crippen LogP contribution in [0.1, 0.15) is 54.9 Å². The summed E-state index contributed by atoms with van der Waals surface area (Å²) in [5.41, 5.74) is 2.51. The summed E-state index contributed by atoms with van der Waals surface area (Å²) in [6, 6.07) is 4.13. The van der Waals surface area contributed by atoms with Crippen LogP contribution in [0.15, 0.2) is 43.1 Å². The van der Waals surface area contributed by atoms with Gasteiger partial charge < -0.3 is 9.47 Å². The third kappa shape index (κ3) is 4.06. The van der Waals surface area contributed by atoms with E-state index in [0.717, 1.165) is 57.0 Å². The van der Waals surface area contributed by atoms with Gasteiger partial charge in [0.2, 0.25) is 0 Å². The zero-order chi connectivity index (χ0) is 19.3. The first kappa shape index (κ1) is 18.6. The second-order valence-electron chi connectivity index (χ2n) is 7.57. The highest BCUT2D eigenvalue weighted by atomic mass is 15.2. The summed E-state index contributed by atoms with van der Waals surface area (Å²) >= 11 is 0. The fraction of sp³-hybridized carbons (Fsp3) is 0.455. The molecule has 6 heteroatoms. The highest BCUT2D eigenvalue weighted by Crippen LogP contribution is 2.30. The Labute approximate surface area is 166 Å². The zero-order valence-electron chi connectivity index (χ0n) is 16.8. The van der Waals surface area contributed by atoms with Crippen LogP contribution in [-0.2, 0) is 13.0 Å². The molecule has 0 spiro atoms. The Bertz CT molecular complexity index is 904. The predicted octanol–water partition coefficient (Wildman–Crippen LogP) is 3.76. The third-order valence-electron chi connectivity index (χ3n) is 5.42. The van der Waals surface area contributed by atoms with E-state index in [2.05, 4.69) is 44.7 Å². The van der Waals surface area contributed by atoms with Gasteiger partial charge in [-0.1, -0.05) is 13.3 Å². The van der Waals surface area contributed by atoms with Gasteiger partial charge in [-0.3, -0.25) is 4.98 Å². The normalized spacial score (nSPS) is 17.1. The van der Waals surface area contributed by atoms with E-state index in [1.807, 2.05) is 31.7 Å². The summed E-state index contributed by atoms with van der Waals surface area (Å²) in [6.45, 7) is 7.03. The van der Waals surface area contributed by atoms with Gasteiger partial charge in [0.15, 0.2) is 0 Å². The Morgan fingerprint density at radius 2 is 2.00 bits per heavy atom. The van der Waals surface area contributed by atoms with Gasteiger partial charge in [0.25, 0.3) is 0 Å². The quantitative estimate of drug-likeness (QED) is 0.655. The molecule has 1 aliphatic heterocycles. The zero-order valence-corrected chi connectivity index (χ0v) is 16.8. The molecule has 0 aromatic carbocycles. The average molecular weight is 377 g/mol. The number of piperidine rings is 1. The van der Waals surface area contributed by atoms with Crippen molar-refractivity contribution in [2.45, 2.75) is 52.0 Å². The first-order valence-corrected chi connectivity index (χ1v) is 10.2. The van der Waals surface area contributed by atoms with E-state index in [1.165, 1.54) is 17.0 Å². The molecule has 146 valence electrons. The van der Waals surface area contributed by atoms with Crippen molar-refractivity contribution in [3.63, 3.8) is 0 Å². The van der Waals surface area contributed by atoms with Gasteiger partial charge in [-0.25, -0.2) is 15.0 Å². The maximum atomic E-state index is 4.80. The van der Waals surface area contributed by atoms with Gasteiger partial charge >= 0.3 is 0 Å². The Balaban J connectivity index is 1.56. The van der Waals surface area contributed by atoms with Gasteiger partial charge in [0.05, 0.1) is 0 Å². The number of imidazole rings is 1. The molecule has 28 heavy (non-hydrogen) atoms. The Hall–Kier alpha value is -2.76. The van der Waals surface area contributed by atoms with E-state index in [1.54, 1.807) is 0 Å². The van der Waals surface area contributed by atoms with Crippen LogP contribution in [0.3, 0.4) is 0 Å². The lowest BCUT2D eigenvalue weighted by molar-refractivity contribution is 0.472. The molecule has 0 bridgehead atoms. The maximum Gasteiger partial charge on any atom is 0.135 e. The molecule has 0 amide bonds. The summed E-state index contributed by atoms with van der Waals surface area (Å²) in [5, 5.41) is 0. The second-order valence-corrected chi connectivity index (χ2v) is 7.57. The van der Waals surface area contributed by atoms with E-state index in [4.69, 9.17) is 9.97 Å². The number of pyridine rings is 1. The van der Waals surface area contributed by atoms with Crippen LogP contribution in [0, 0.1) is 6.92 Å². The highest BCUT2D eigenvalue weighted by molar-refractivity contribution is 5.47. The van der Waals surface area contributed by atoms with E-state index in [0.29, 0.717) is 5.92 Å². The molecule has 0 aliphatic carbocycles. The minimum Gasteiger partial charge on any atom is -0.356 e. The Morgan fingerprint density at radius 1 is 1.14 bits per heavy atom. The summed E-state index contributed by atoms with van der Waals surface area (Å²) < 4.78 is 2.28. The first-order chi connectivity index (χ1) is 13.7. The van der Waals surface area contributed by atoms with E-state index in [9.17, 15) is 0 Å². The minimum absolute atomic E-state index is 0.412. The lowest BCUT2D eigenvalue weighted by atomic mass is 9.96. The lowest BCUT2D eigenvalue weighted by Crippen LogP contribution is -2.36. The molecule has 1 fully saturated rings. The molecule has 1 unspecified atom stereocenters. The van der Waals surface area contributed by atoms with Crippen LogP contribution in [-0.4, -0.2) is 37.6 Å². The van der Waals surface area contributed by atoms with Gasteiger partial charge in [-0.05, 0) is 43.9 Å². The number of hydrogen-bond donors (Lipinski definition) is 0. The van der Waals surface area contributed by atoms with Crippen molar-refractivity contribution >= 4 is 5.82 Å². The summed E-state index contributed by atoms with van der Waals surface area (Å²) in [5.74, 6) is 3.54. The number of aryl methyl sites for hydroxylation is 2. The monoisotopic (exact) mass is 376 g/mol. The number of anilines is 1. The van der Waals surface area contributed by atoms with E-state index >= 15 is 0 Å². The van der Waals surface area contributed by atoms with Crippen LogP contribution < -0.4 is 4.90 Å². The fourth-order valence-corrected chi connectivity index (χ4v) is 4.08. The Kier molecular flexibility index (Phi) is 5.65. The number of hydrogen-bond acceptors (Lipinski definition) is 5. The lowest BCUT2D eigenvalue weighted by Gasteiger charge is -2.34. The molecular formula is C22H28N6. The van der Waals surface area contributed by atoms with Gasteiger partial charge in [-0.2, -0.15) is 0 Å². The minimum atomic E-state index is 0.412. The van der Waals surface area contributed by atoms with Crippen molar-refractivity contribution in [1.82, 2.24) is 24.5 Å². The van der Waals surface area contributed by atoms with Gasteiger partial charge in [-0.15, -0.1) is 0 Å². The molecule has 0 saturated carbocycles. The van der Waals surface area contributed by atoms with Crippen molar-refractivity contribution < 1.29 is 0 Å².